The molecular formula is C24H32OS. The molecule has 1 aromatic heterocycles. The summed E-state index contributed by atoms with van der Waals surface area (Å²) in [5.41, 5.74) is 4.30. The van der Waals surface area contributed by atoms with Crippen LogP contribution in [0.2, 0.25) is 0 Å². The van der Waals surface area contributed by atoms with Gasteiger partial charge in [-0.3, -0.25) is 0 Å². The second kappa shape index (κ2) is 8.90. The van der Waals surface area contributed by atoms with Gasteiger partial charge in [0.25, 0.3) is 0 Å². The Kier molecular flexibility index (Phi) is 6.58. The summed E-state index contributed by atoms with van der Waals surface area (Å²) < 4.78 is 8.87. The quantitative estimate of drug-likeness (QED) is 0.348. The lowest BCUT2D eigenvalue weighted by molar-refractivity contribution is 0.308. The maximum atomic E-state index is 6.02. The minimum atomic E-state index is 0.814. The maximum Gasteiger partial charge on any atom is 0.123 e. The first-order valence-electron chi connectivity index (χ1n) is 10.2. The van der Waals surface area contributed by atoms with Crippen LogP contribution in [0.25, 0.3) is 20.2 Å². The Morgan fingerprint density at radius 2 is 1.46 bits per heavy atom. The summed E-state index contributed by atoms with van der Waals surface area (Å²) in [6.45, 7) is 9.81. The van der Waals surface area contributed by atoms with Crippen LogP contribution in [-0.4, -0.2) is 6.61 Å². The molecule has 2 aromatic carbocycles. The number of aryl methyl sites for hydroxylation is 3. The Morgan fingerprint density at radius 1 is 0.769 bits per heavy atom. The summed E-state index contributed by atoms with van der Waals surface area (Å²) in [5, 5.41) is 2.79. The molecule has 0 amide bonds. The summed E-state index contributed by atoms with van der Waals surface area (Å²) in [5.74, 6) is 1.05. The predicted octanol–water partition coefficient (Wildman–Crippen LogP) is 7.97. The maximum absolute atomic E-state index is 6.02. The Morgan fingerprint density at radius 3 is 2.19 bits per heavy atom. The van der Waals surface area contributed by atoms with Crippen molar-refractivity contribution in [2.45, 2.75) is 72.6 Å². The molecule has 1 heterocycles. The first-order chi connectivity index (χ1) is 12.7. The van der Waals surface area contributed by atoms with Gasteiger partial charge in [0.1, 0.15) is 5.75 Å². The summed E-state index contributed by atoms with van der Waals surface area (Å²) in [6.07, 6.45) is 8.80. The van der Waals surface area contributed by atoms with Crippen LogP contribution < -0.4 is 4.74 Å². The highest BCUT2D eigenvalue weighted by Gasteiger charge is 2.14. The van der Waals surface area contributed by atoms with Crippen LogP contribution in [0.4, 0.5) is 0 Å². The van der Waals surface area contributed by atoms with Crippen molar-refractivity contribution < 1.29 is 4.74 Å². The molecule has 0 radical (unpaired) electrons. The largest absolute Gasteiger partial charge is 0.493 e. The zero-order valence-electron chi connectivity index (χ0n) is 16.8. The number of fused-ring (bicyclic) bond motifs is 3. The van der Waals surface area contributed by atoms with E-state index < -0.39 is 0 Å². The van der Waals surface area contributed by atoms with E-state index in [-0.39, 0.29) is 0 Å². The van der Waals surface area contributed by atoms with Crippen LogP contribution in [-0.2, 0) is 6.42 Å². The van der Waals surface area contributed by atoms with Crippen molar-refractivity contribution in [3.63, 3.8) is 0 Å². The van der Waals surface area contributed by atoms with Crippen LogP contribution in [0.1, 0.15) is 69.1 Å². The fraction of sp³-hybridized carbons (Fsp3) is 0.500. The van der Waals surface area contributed by atoms with E-state index in [2.05, 4.69) is 52.0 Å². The molecule has 0 aliphatic rings. The van der Waals surface area contributed by atoms with Gasteiger partial charge in [0.15, 0.2) is 0 Å². The van der Waals surface area contributed by atoms with Crippen molar-refractivity contribution in [3.05, 3.63) is 41.0 Å². The van der Waals surface area contributed by atoms with Gasteiger partial charge in [-0.05, 0) is 56.4 Å². The molecule has 3 aromatic rings. The van der Waals surface area contributed by atoms with E-state index >= 15 is 0 Å². The Hall–Kier alpha value is -1.54. The number of rotatable bonds is 9. The van der Waals surface area contributed by atoms with E-state index in [1.54, 1.807) is 0 Å². The fourth-order valence-electron chi connectivity index (χ4n) is 3.69. The third-order valence-electron chi connectivity index (χ3n) is 5.42. The highest BCUT2D eigenvalue weighted by atomic mass is 32.1. The molecule has 0 atom stereocenters. The van der Waals surface area contributed by atoms with Gasteiger partial charge in [-0.25, -0.2) is 0 Å². The van der Waals surface area contributed by atoms with Crippen LogP contribution in [0.15, 0.2) is 24.3 Å². The number of thiophene rings is 1. The van der Waals surface area contributed by atoms with Gasteiger partial charge in [-0.15, -0.1) is 11.3 Å². The molecule has 1 nitrogen and oxygen atoms in total. The van der Waals surface area contributed by atoms with Gasteiger partial charge < -0.3 is 4.74 Å². The monoisotopic (exact) mass is 368 g/mol. The second-order valence-corrected chi connectivity index (χ2v) is 8.43. The highest BCUT2D eigenvalue weighted by Crippen LogP contribution is 2.41. The normalized spacial score (nSPS) is 11.5. The number of unbranched alkanes of at least 4 members (excludes halogenated alkanes) is 4. The number of hydrogen-bond acceptors (Lipinski definition) is 2. The lowest BCUT2D eigenvalue weighted by Crippen LogP contribution is -1.97. The van der Waals surface area contributed by atoms with Crippen LogP contribution >= 0.6 is 11.3 Å². The molecule has 0 aliphatic carbocycles. The van der Waals surface area contributed by atoms with Gasteiger partial charge in [0.05, 0.1) is 6.61 Å². The summed E-state index contributed by atoms with van der Waals surface area (Å²) >= 11 is 1.95. The summed E-state index contributed by atoms with van der Waals surface area (Å²) in [4.78, 5) is 0. The third-order valence-corrected chi connectivity index (χ3v) is 6.88. The average molecular weight is 369 g/mol. The minimum Gasteiger partial charge on any atom is -0.493 e. The molecule has 3 rings (SSSR count). The van der Waals surface area contributed by atoms with Crippen LogP contribution in [0, 0.1) is 13.8 Å². The zero-order chi connectivity index (χ0) is 18.5. The molecule has 0 aliphatic heterocycles. The number of benzene rings is 2. The molecule has 0 spiro atoms. The fourth-order valence-corrected chi connectivity index (χ4v) is 5.01. The lowest BCUT2D eigenvalue weighted by Gasteiger charge is -2.09. The number of hydrogen-bond donors (Lipinski definition) is 0. The van der Waals surface area contributed by atoms with Crippen molar-refractivity contribution in [1.82, 2.24) is 0 Å². The van der Waals surface area contributed by atoms with Crippen LogP contribution in [0.5, 0.6) is 5.75 Å². The van der Waals surface area contributed by atoms with Gasteiger partial charge in [0.2, 0.25) is 0 Å². The van der Waals surface area contributed by atoms with Gasteiger partial charge in [-0.1, -0.05) is 51.7 Å². The standard InChI is InChI=1S/C24H32OS/c1-5-7-9-10-11-19-12-13-20-21-14-15-22(25-16-8-6-2)18(4)24(21)26-23(20)17(19)3/h12-15H,5-11,16H2,1-4H3. The molecule has 0 saturated heterocycles. The van der Waals surface area contributed by atoms with Crippen molar-refractivity contribution in [2.24, 2.45) is 0 Å². The van der Waals surface area contributed by atoms with Gasteiger partial charge in [-0.2, -0.15) is 0 Å². The molecule has 0 fully saturated rings. The van der Waals surface area contributed by atoms with Gasteiger partial charge in [0, 0.05) is 25.7 Å². The molecule has 0 N–H and O–H groups in total. The smallest absolute Gasteiger partial charge is 0.123 e. The lowest BCUT2D eigenvalue weighted by atomic mass is 9.99. The predicted molar refractivity (Wildman–Crippen MR) is 117 cm³/mol. The molecule has 0 saturated carbocycles. The molecule has 26 heavy (non-hydrogen) atoms. The first kappa shape index (κ1) is 19.2. The van der Waals surface area contributed by atoms with Crippen LogP contribution in [0.3, 0.4) is 0 Å². The molecule has 2 heteroatoms. The van der Waals surface area contributed by atoms with Crippen molar-refractivity contribution in [2.75, 3.05) is 6.61 Å². The first-order valence-corrected chi connectivity index (χ1v) is 11.1. The Bertz CT molecular complexity index is 875. The average Bonchev–Trinajstić information content (AvgIpc) is 3.03. The number of ether oxygens (including phenoxy) is 1. The van der Waals surface area contributed by atoms with E-state index in [0.29, 0.717) is 0 Å². The second-order valence-electron chi connectivity index (χ2n) is 7.41. The van der Waals surface area contributed by atoms with E-state index in [9.17, 15) is 0 Å². The van der Waals surface area contributed by atoms with E-state index in [0.717, 1.165) is 18.8 Å². The molecular weight excluding hydrogens is 336 g/mol. The molecule has 0 unspecified atom stereocenters. The topological polar surface area (TPSA) is 9.23 Å². The van der Waals surface area contributed by atoms with Crippen molar-refractivity contribution in [3.8, 4) is 5.75 Å². The molecule has 0 bridgehead atoms. The summed E-state index contributed by atoms with van der Waals surface area (Å²) in [7, 11) is 0. The van der Waals surface area contributed by atoms with Crippen molar-refractivity contribution >= 4 is 31.5 Å². The Labute approximate surface area is 162 Å². The van der Waals surface area contributed by atoms with E-state index in [1.165, 1.54) is 75.4 Å². The highest BCUT2D eigenvalue weighted by molar-refractivity contribution is 7.26. The third kappa shape index (κ3) is 3.91. The zero-order valence-corrected chi connectivity index (χ0v) is 17.6. The minimum absolute atomic E-state index is 0.814. The SMILES string of the molecule is CCCCCCc1ccc2c(sc3c(C)c(OCCCC)ccc32)c1C. The van der Waals surface area contributed by atoms with E-state index in [1.807, 2.05) is 11.3 Å². The summed E-state index contributed by atoms with van der Waals surface area (Å²) in [6, 6.07) is 9.11. The Balaban J connectivity index is 1.93. The van der Waals surface area contributed by atoms with Crippen molar-refractivity contribution in [1.29, 1.82) is 0 Å². The van der Waals surface area contributed by atoms with Gasteiger partial charge >= 0.3 is 0 Å². The van der Waals surface area contributed by atoms with E-state index in [4.69, 9.17) is 4.74 Å². The molecule has 140 valence electrons.